The van der Waals surface area contributed by atoms with E-state index in [1.165, 1.54) is 19.9 Å². The highest BCUT2D eigenvalue weighted by Crippen LogP contribution is 2.39. The first-order chi connectivity index (χ1) is 17.0. The van der Waals surface area contributed by atoms with Crippen molar-refractivity contribution in [1.82, 2.24) is 9.62 Å². The van der Waals surface area contributed by atoms with Crippen LogP contribution in [0.25, 0.3) is 0 Å². The largest absolute Gasteiger partial charge is 0.416 e. The van der Waals surface area contributed by atoms with Crippen LogP contribution >= 0.6 is 0 Å². The SMILES string of the molecule is CC(C)(C1CCN(C(=O)CC(NS(C)(=O)=O)c2ccccc2)CC1)S(=O)(=O)c1cccc(C(F)(F)F)c1. The van der Waals surface area contributed by atoms with Gasteiger partial charge in [0.05, 0.1) is 27.5 Å². The summed E-state index contributed by atoms with van der Waals surface area (Å²) in [6.07, 6.45) is -3.07. The van der Waals surface area contributed by atoms with Gasteiger partial charge in [-0.1, -0.05) is 36.4 Å². The number of halogens is 3. The number of sulfone groups is 1. The van der Waals surface area contributed by atoms with Crippen LogP contribution in [0.15, 0.2) is 59.5 Å². The van der Waals surface area contributed by atoms with Crippen LogP contribution in [0.2, 0.25) is 0 Å². The number of piperidine rings is 1. The summed E-state index contributed by atoms with van der Waals surface area (Å²) in [5.41, 5.74) is -0.384. The molecule has 1 N–H and O–H groups in total. The lowest BCUT2D eigenvalue weighted by Gasteiger charge is -2.40. The summed E-state index contributed by atoms with van der Waals surface area (Å²) >= 11 is 0. The Morgan fingerprint density at radius 3 is 2.14 bits per heavy atom. The fourth-order valence-electron chi connectivity index (χ4n) is 4.66. The summed E-state index contributed by atoms with van der Waals surface area (Å²) in [4.78, 5) is 14.2. The highest BCUT2D eigenvalue weighted by atomic mass is 32.2. The molecule has 0 bridgehead atoms. The van der Waals surface area contributed by atoms with Crippen molar-refractivity contribution in [3.63, 3.8) is 0 Å². The Labute approximate surface area is 216 Å². The number of nitrogens with one attached hydrogen (secondary N) is 1. The Morgan fingerprint density at radius 1 is 1.00 bits per heavy atom. The van der Waals surface area contributed by atoms with E-state index >= 15 is 0 Å². The molecular formula is C25H31F3N2O5S2. The average Bonchev–Trinajstić information content (AvgIpc) is 2.83. The lowest BCUT2D eigenvalue weighted by atomic mass is 9.85. The Bertz CT molecular complexity index is 1320. The van der Waals surface area contributed by atoms with E-state index in [1.807, 2.05) is 0 Å². The highest BCUT2D eigenvalue weighted by molar-refractivity contribution is 7.92. The average molecular weight is 561 g/mol. The van der Waals surface area contributed by atoms with Gasteiger partial charge in [0.1, 0.15) is 0 Å². The zero-order valence-corrected chi connectivity index (χ0v) is 22.5. The maximum absolute atomic E-state index is 13.4. The number of nitrogens with zero attached hydrogens (tertiary/aromatic N) is 1. The number of benzene rings is 2. The molecule has 1 aliphatic heterocycles. The van der Waals surface area contributed by atoms with Crippen molar-refractivity contribution in [2.24, 2.45) is 5.92 Å². The van der Waals surface area contributed by atoms with E-state index in [4.69, 9.17) is 0 Å². The minimum atomic E-state index is -4.66. The van der Waals surface area contributed by atoms with Crippen molar-refractivity contribution in [2.45, 2.75) is 55.0 Å². The second-order valence-corrected chi connectivity index (χ2v) is 14.2. The molecule has 0 aromatic heterocycles. The molecular weight excluding hydrogens is 529 g/mol. The normalized spacial score (nSPS) is 17.0. The number of carbonyl (C=O) groups is 1. The summed E-state index contributed by atoms with van der Waals surface area (Å²) in [6.45, 7) is 3.52. The van der Waals surface area contributed by atoms with Gasteiger partial charge >= 0.3 is 6.18 Å². The molecule has 2 aromatic carbocycles. The minimum absolute atomic E-state index is 0.103. The van der Waals surface area contributed by atoms with Crippen LogP contribution in [0.4, 0.5) is 13.2 Å². The van der Waals surface area contributed by atoms with Crippen molar-refractivity contribution in [3.8, 4) is 0 Å². The van der Waals surface area contributed by atoms with Gasteiger partial charge in [-0.25, -0.2) is 21.6 Å². The molecule has 1 aliphatic rings. The number of amides is 1. The summed E-state index contributed by atoms with van der Waals surface area (Å²) in [6, 6.07) is 11.7. The molecule has 0 spiro atoms. The van der Waals surface area contributed by atoms with Crippen LogP contribution in [-0.4, -0.2) is 51.7 Å². The summed E-state index contributed by atoms with van der Waals surface area (Å²) in [5.74, 6) is -0.669. The van der Waals surface area contributed by atoms with E-state index in [-0.39, 0.29) is 30.3 Å². The number of alkyl halides is 3. The molecule has 0 radical (unpaired) electrons. The third-order valence-electron chi connectivity index (χ3n) is 6.93. The molecule has 0 aliphatic carbocycles. The van der Waals surface area contributed by atoms with Gasteiger partial charge in [0.2, 0.25) is 15.9 Å². The van der Waals surface area contributed by atoms with Gasteiger partial charge < -0.3 is 4.90 Å². The third-order valence-corrected chi connectivity index (χ3v) is 10.2. The van der Waals surface area contributed by atoms with E-state index in [0.717, 1.165) is 18.4 Å². The van der Waals surface area contributed by atoms with Gasteiger partial charge in [-0.3, -0.25) is 4.79 Å². The van der Waals surface area contributed by atoms with Gasteiger partial charge in [0.15, 0.2) is 9.84 Å². The molecule has 0 saturated carbocycles. The molecule has 1 heterocycles. The Hall–Kier alpha value is -2.44. The molecule has 12 heteroatoms. The summed E-state index contributed by atoms with van der Waals surface area (Å²) < 4.78 is 91.0. The van der Waals surface area contributed by atoms with E-state index < -0.39 is 48.3 Å². The summed E-state index contributed by atoms with van der Waals surface area (Å²) in [5, 5.41) is 0. The predicted molar refractivity (Wildman–Crippen MR) is 134 cm³/mol. The first kappa shape index (κ1) is 29.1. The first-order valence-electron chi connectivity index (χ1n) is 11.7. The quantitative estimate of drug-likeness (QED) is 0.522. The maximum atomic E-state index is 13.4. The highest BCUT2D eigenvalue weighted by Gasteiger charge is 2.45. The zero-order valence-electron chi connectivity index (χ0n) is 20.8. The van der Waals surface area contributed by atoms with Crippen molar-refractivity contribution >= 4 is 25.8 Å². The Balaban J connectivity index is 1.71. The van der Waals surface area contributed by atoms with Gasteiger partial charge in [-0.15, -0.1) is 0 Å². The number of hydrogen-bond donors (Lipinski definition) is 1. The van der Waals surface area contributed by atoms with Crippen molar-refractivity contribution in [2.75, 3.05) is 19.3 Å². The van der Waals surface area contributed by atoms with Crippen molar-refractivity contribution in [3.05, 3.63) is 65.7 Å². The predicted octanol–water partition coefficient (Wildman–Crippen LogP) is 4.18. The molecule has 7 nitrogen and oxygen atoms in total. The number of hydrogen-bond acceptors (Lipinski definition) is 5. The van der Waals surface area contributed by atoms with Crippen molar-refractivity contribution < 1.29 is 34.8 Å². The van der Waals surface area contributed by atoms with Crippen LogP contribution in [-0.2, 0) is 30.8 Å². The number of rotatable bonds is 8. The van der Waals surface area contributed by atoms with Crippen LogP contribution in [0.3, 0.4) is 0 Å². The Morgan fingerprint density at radius 2 is 1.59 bits per heavy atom. The third kappa shape index (κ3) is 6.91. The van der Waals surface area contributed by atoms with Crippen molar-refractivity contribution in [1.29, 1.82) is 0 Å². The molecule has 1 atom stereocenters. The lowest BCUT2D eigenvalue weighted by molar-refractivity contribution is -0.137. The second kappa shape index (κ2) is 10.7. The topological polar surface area (TPSA) is 101 Å². The molecule has 3 rings (SSSR count). The first-order valence-corrected chi connectivity index (χ1v) is 15.1. The van der Waals surface area contributed by atoms with Crippen LogP contribution < -0.4 is 4.72 Å². The number of sulfonamides is 1. The second-order valence-electron chi connectivity index (χ2n) is 9.84. The summed E-state index contributed by atoms with van der Waals surface area (Å²) in [7, 11) is -7.70. The smallest absolute Gasteiger partial charge is 0.343 e. The molecule has 1 amide bonds. The number of carbonyl (C=O) groups excluding carboxylic acids is 1. The van der Waals surface area contributed by atoms with Crippen LogP contribution in [0.1, 0.15) is 50.3 Å². The molecule has 1 unspecified atom stereocenters. The molecule has 37 heavy (non-hydrogen) atoms. The molecule has 204 valence electrons. The fourth-order valence-corrected chi connectivity index (χ4v) is 7.22. The standard InChI is InChI=1S/C25H31F3N2O5S2/c1-24(2,37(34,35)21-11-7-10-20(16-21)25(26,27)28)19-12-14-30(15-13-19)23(31)17-22(29-36(3,32)33)18-8-5-4-6-9-18/h4-11,16,19,22,29H,12-15,17H2,1-3H3. The van der Waals surface area contributed by atoms with Crippen LogP contribution in [0, 0.1) is 5.92 Å². The van der Waals surface area contributed by atoms with E-state index in [2.05, 4.69) is 4.72 Å². The fraction of sp³-hybridized carbons (Fsp3) is 0.480. The van der Waals surface area contributed by atoms with Gasteiger partial charge in [0.25, 0.3) is 0 Å². The Kier molecular flexibility index (Phi) is 8.45. The maximum Gasteiger partial charge on any atom is 0.416 e. The lowest BCUT2D eigenvalue weighted by Crippen LogP contribution is -2.48. The monoisotopic (exact) mass is 560 g/mol. The van der Waals surface area contributed by atoms with E-state index in [0.29, 0.717) is 24.5 Å². The van der Waals surface area contributed by atoms with Gasteiger partial charge in [-0.05, 0) is 56.4 Å². The van der Waals surface area contributed by atoms with Crippen LogP contribution in [0.5, 0.6) is 0 Å². The minimum Gasteiger partial charge on any atom is -0.343 e. The zero-order chi connectivity index (χ0) is 27.6. The molecule has 1 fully saturated rings. The van der Waals surface area contributed by atoms with E-state index in [9.17, 15) is 34.8 Å². The van der Waals surface area contributed by atoms with E-state index in [1.54, 1.807) is 35.2 Å². The van der Waals surface area contributed by atoms with Gasteiger partial charge in [-0.2, -0.15) is 13.2 Å². The number of likely N-dealkylation sites (tertiary alicyclic amines) is 1. The van der Waals surface area contributed by atoms with Gasteiger partial charge in [0, 0.05) is 19.5 Å². The molecule has 2 aromatic rings. The molecule has 1 saturated heterocycles.